The Hall–Kier alpha value is -3.02. The molecule has 0 atom stereocenters. The van der Waals surface area contributed by atoms with E-state index in [1.165, 1.54) is 0 Å². The number of para-hydroxylation sites is 1. The lowest BCUT2D eigenvalue weighted by Crippen LogP contribution is -2.40. The maximum atomic E-state index is 11.6. The number of aliphatic imine (C=N–C) groups is 1. The summed E-state index contributed by atoms with van der Waals surface area (Å²) in [5, 5.41) is 2.37. The summed E-state index contributed by atoms with van der Waals surface area (Å²) >= 11 is 0. The number of rotatable bonds is 3. The third-order valence-corrected chi connectivity index (χ3v) is 2.69. The van der Waals surface area contributed by atoms with Crippen LogP contribution in [0.25, 0.3) is 0 Å². The van der Waals surface area contributed by atoms with E-state index >= 15 is 0 Å². The van der Waals surface area contributed by atoms with Gasteiger partial charge in [0.15, 0.2) is 0 Å². The fourth-order valence-corrected chi connectivity index (χ4v) is 1.79. The quantitative estimate of drug-likeness (QED) is 0.660. The number of nitrogens with one attached hydrogen (secondary N) is 1. The zero-order valence-corrected chi connectivity index (χ0v) is 13.9. The number of amides is 1. The van der Waals surface area contributed by atoms with Crippen molar-refractivity contribution in [2.75, 3.05) is 0 Å². The average Bonchev–Trinajstić information content (AvgIpc) is 2.48. The molecular formula is C18H21N3O3. The molecule has 0 aromatic heterocycles. The van der Waals surface area contributed by atoms with Gasteiger partial charge in [-0.1, -0.05) is 18.2 Å². The van der Waals surface area contributed by atoms with Crippen molar-refractivity contribution in [1.82, 2.24) is 5.32 Å². The lowest BCUT2D eigenvalue weighted by atomic mass is 10.2. The number of ether oxygens (including phenoxy) is 2. The fraction of sp³-hybridized carbons (Fsp3) is 0.222. The van der Waals surface area contributed by atoms with Crippen molar-refractivity contribution in [3.63, 3.8) is 0 Å². The van der Waals surface area contributed by atoms with Gasteiger partial charge in [0.25, 0.3) is 0 Å². The molecule has 0 saturated heterocycles. The maximum absolute atomic E-state index is 11.6. The second-order valence-electron chi connectivity index (χ2n) is 6.03. The van der Waals surface area contributed by atoms with Crippen LogP contribution in [-0.2, 0) is 4.74 Å². The highest BCUT2D eigenvalue weighted by Crippen LogP contribution is 2.23. The summed E-state index contributed by atoms with van der Waals surface area (Å²) in [5.41, 5.74) is 5.68. The molecule has 126 valence electrons. The third kappa shape index (κ3) is 6.00. The lowest BCUT2D eigenvalue weighted by molar-refractivity contribution is 0.0562. The van der Waals surface area contributed by atoms with Crippen molar-refractivity contribution >= 4 is 17.7 Å². The molecular weight excluding hydrogens is 306 g/mol. The number of nitrogens with two attached hydrogens (primary N) is 1. The molecule has 6 nitrogen and oxygen atoms in total. The van der Waals surface area contributed by atoms with Crippen LogP contribution < -0.4 is 15.8 Å². The van der Waals surface area contributed by atoms with Crippen LogP contribution in [0, 0.1) is 0 Å². The van der Waals surface area contributed by atoms with E-state index in [9.17, 15) is 4.79 Å². The zero-order valence-electron chi connectivity index (χ0n) is 13.9. The molecule has 0 heterocycles. The first-order chi connectivity index (χ1) is 11.3. The summed E-state index contributed by atoms with van der Waals surface area (Å²) in [7, 11) is 0. The Labute approximate surface area is 141 Å². The Bertz CT molecular complexity index is 705. The van der Waals surface area contributed by atoms with Crippen molar-refractivity contribution in [2.24, 2.45) is 10.7 Å². The van der Waals surface area contributed by atoms with E-state index in [1.807, 2.05) is 30.3 Å². The molecule has 0 radical (unpaired) electrons. The minimum absolute atomic E-state index is 0.0408. The van der Waals surface area contributed by atoms with Gasteiger partial charge in [0.1, 0.15) is 17.1 Å². The molecule has 0 spiro atoms. The first-order valence-electron chi connectivity index (χ1n) is 7.49. The SMILES string of the molecule is CC(C)(C)OC(=O)NC(N)=Nc1ccc(Oc2ccccc2)cc1. The van der Waals surface area contributed by atoms with Crippen LogP contribution in [-0.4, -0.2) is 17.7 Å². The highest BCUT2D eigenvalue weighted by molar-refractivity contribution is 5.94. The molecule has 2 rings (SSSR count). The Kier molecular flexibility index (Phi) is 5.42. The normalized spacial score (nSPS) is 11.7. The van der Waals surface area contributed by atoms with E-state index in [-0.39, 0.29) is 5.96 Å². The molecule has 1 amide bonds. The first kappa shape index (κ1) is 17.3. The van der Waals surface area contributed by atoms with Crippen LogP contribution in [0.3, 0.4) is 0 Å². The minimum Gasteiger partial charge on any atom is -0.457 e. The Morgan fingerprint density at radius 3 is 2.17 bits per heavy atom. The number of hydrogen-bond acceptors (Lipinski definition) is 4. The smallest absolute Gasteiger partial charge is 0.414 e. The predicted molar refractivity (Wildman–Crippen MR) is 93.6 cm³/mol. The topological polar surface area (TPSA) is 85.9 Å². The predicted octanol–water partition coefficient (Wildman–Crippen LogP) is 3.95. The van der Waals surface area contributed by atoms with Gasteiger partial charge in [0.2, 0.25) is 5.96 Å². The monoisotopic (exact) mass is 327 g/mol. The summed E-state index contributed by atoms with van der Waals surface area (Å²) in [6.45, 7) is 5.31. The van der Waals surface area contributed by atoms with E-state index in [1.54, 1.807) is 45.0 Å². The summed E-state index contributed by atoms with van der Waals surface area (Å²) in [5.74, 6) is 1.39. The summed E-state index contributed by atoms with van der Waals surface area (Å²) in [4.78, 5) is 15.7. The molecule has 0 aliphatic rings. The van der Waals surface area contributed by atoms with Crippen molar-refractivity contribution in [3.8, 4) is 11.5 Å². The average molecular weight is 327 g/mol. The fourth-order valence-electron chi connectivity index (χ4n) is 1.79. The zero-order chi connectivity index (χ0) is 17.6. The van der Waals surface area contributed by atoms with Crippen LogP contribution in [0.5, 0.6) is 11.5 Å². The van der Waals surface area contributed by atoms with E-state index in [0.717, 1.165) is 5.75 Å². The van der Waals surface area contributed by atoms with Crippen LogP contribution in [0.4, 0.5) is 10.5 Å². The number of nitrogens with zero attached hydrogens (tertiary/aromatic N) is 1. The Balaban J connectivity index is 1.96. The third-order valence-electron chi connectivity index (χ3n) is 2.69. The molecule has 2 aromatic rings. The van der Waals surface area contributed by atoms with Crippen molar-refractivity contribution in [3.05, 3.63) is 54.6 Å². The van der Waals surface area contributed by atoms with Gasteiger partial charge in [-0.3, -0.25) is 5.32 Å². The summed E-state index contributed by atoms with van der Waals surface area (Å²) < 4.78 is 10.8. The number of alkyl carbamates (subject to hydrolysis) is 1. The standard InChI is InChI=1S/C18H21N3O3/c1-18(2,3)24-17(22)21-16(19)20-13-9-11-15(12-10-13)23-14-7-5-4-6-8-14/h4-12H,1-3H3,(H3,19,20,21,22). The molecule has 0 fully saturated rings. The van der Waals surface area contributed by atoms with Gasteiger partial charge >= 0.3 is 6.09 Å². The summed E-state index contributed by atoms with van der Waals surface area (Å²) in [6.07, 6.45) is -0.646. The number of benzene rings is 2. The second-order valence-corrected chi connectivity index (χ2v) is 6.03. The second kappa shape index (κ2) is 7.50. The van der Waals surface area contributed by atoms with E-state index in [0.29, 0.717) is 11.4 Å². The van der Waals surface area contributed by atoms with Gasteiger partial charge in [-0.05, 0) is 57.2 Å². The van der Waals surface area contributed by atoms with Crippen LogP contribution >= 0.6 is 0 Å². The lowest BCUT2D eigenvalue weighted by Gasteiger charge is -2.19. The van der Waals surface area contributed by atoms with Gasteiger partial charge in [0, 0.05) is 0 Å². The molecule has 6 heteroatoms. The molecule has 3 N–H and O–H groups in total. The van der Waals surface area contributed by atoms with Gasteiger partial charge in [-0.2, -0.15) is 0 Å². The molecule has 24 heavy (non-hydrogen) atoms. The molecule has 0 bridgehead atoms. The van der Waals surface area contributed by atoms with E-state index < -0.39 is 11.7 Å². The number of carbonyl (C=O) groups is 1. The highest BCUT2D eigenvalue weighted by atomic mass is 16.6. The molecule has 0 unspecified atom stereocenters. The molecule has 0 aliphatic heterocycles. The van der Waals surface area contributed by atoms with Crippen molar-refractivity contribution in [1.29, 1.82) is 0 Å². The van der Waals surface area contributed by atoms with Crippen LogP contribution in [0.2, 0.25) is 0 Å². The highest BCUT2D eigenvalue weighted by Gasteiger charge is 2.16. The minimum atomic E-state index is -0.646. The molecule has 0 saturated carbocycles. The Morgan fingerprint density at radius 2 is 1.58 bits per heavy atom. The van der Waals surface area contributed by atoms with Crippen LogP contribution in [0.1, 0.15) is 20.8 Å². The number of guanidine groups is 1. The van der Waals surface area contributed by atoms with Crippen LogP contribution in [0.15, 0.2) is 59.6 Å². The first-order valence-corrected chi connectivity index (χ1v) is 7.49. The largest absolute Gasteiger partial charge is 0.457 e. The van der Waals surface area contributed by atoms with Gasteiger partial charge in [-0.15, -0.1) is 0 Å². The van der Waals surface area contributed by atoms with Crippen molar-refractivity contribution < 1.29 is 14.3 Å². The van der Waals surface area contributed by atoms with Crippen molar-refractivity contribution in [2.45, 2.75) is 26.4 Å². The molecule has 0 aliphatic carbocycles. The van der Waals surface area contributed by atoms with E-state index in [2.05, 4.69) is 10.3 Å². The summed E-state index contributed by atoms with van der Waals surface area (Å²) in [6, 6.07) is 16.5. The van der Waals surface area contributed by atoms with Gasteiger partial charge in [0.05, 0.1) is 5.69 Å². The Morgan fingerprint density at radius 1 is 1.00 bits per heavy atom. The number of hydrogen-bond donors (Lipinski definition) is 2. The van der Waals surface area contributed by atoms with Gasteiger partial charge < -0.3 is 15.2 Å². The number of carbonyl (C=O) groups excluding carboxylic acids is 1. The van der Waals surface area contributed by atoms with E-state index in [4.69, 9.17) is 15.2 Å². The molecule has 2 aromatic carbocycles. The van der Waals surface area contributed by atoms with Gasteiger partial charge in [-0.25, -0.2) is 9.79 Å². The maximum Gasteiger partial charge on any atom is 0.414 e.